The van der Waals surface area contributed by atoms with Crippen LogP contribution in [0.1, 0.15) is 5.56 Å². The molecule has 4 nitrogen and oxygen atoms in total. The van der Waals surface area contributed by atoms with Gasteiger partial charge < -0.3 is 15.4 Å². The van der Waals surface area contributed by atoms with Crippen LogP contribution in [0.25, 0.3) is 0 Å². The Morgan fingerprint density at radius 3 is 2.56 bits per heavy atom. The van der Waals surface area contributed by atoms with E-state index in [4.69, 9.17) is 10.5 Å². The smallest absolute Gasteiger partial charge is 0.238 e. The number of pyridine rings is 1. The summed E-state index contributed by atoms with van der Waals surface area (Å²) in [6.07, 6.45) is 0. The van der Waals surface area contributed by atoms with Crippen LogP contribution in [0, 0.1) is 0 Å². The number of ether oxygens (including phenoxy) is 1. The summed E-state index contributed by atoms with van der Waals surface area (Å²) < 4.78 is 5.12. The molecule has 0 saturated carbocycles. The highest BCUT2D eigenvalue weighted by Crippen LogP contribution is 2.22. The first-order chi connectivity index (χ1) is 8.70. The highest BCUT2D eigenvalue weighted by Gasteiger charge is 2.07. The lowest BCUT2D eigenvalue weighted by atomic mass is 10.2. The summed E-state index contributed by atoms with van der Waals surface area (Å²) in [7, 11) is 3.56. The lowest BCUT2D eigenvalue weighted by Gasteiger charge is -2.19. The molecule has 0 aliphatic carbocycles. The first-order valence-electron chi connectivity index (χ1n) is 5.76. The molecule has 2 rings (SSSR count). The van der Waals surface area contributed by atoms with Crippen LogP contribution in [0.2, 0.25) is 0 Å². The second-order valence-electron chi connectivity index (χ2n) is 4.11. The Kier molecular flexibility index (Phi) is 3.67. The van der Waals surface area contributed by atoms with Crippen molar-refractivity contribution in [3.8, 4) is 5.88 Å². The fourth-order valence-corrected chi connectivity index (χ4v) is 1.76. The van der Waals surface area contributed by atoms with Gasteiger partial charge in [0.2, 0.25) is 5.88 Å². The van der Waals surface area contributed by atoms with Crippen LogP contribution in [-0.4, -0.2) is 19.1 Å². The second-order valence-corrected chi connectivity index (χ2v) is 4.11. The maximum absolute atomic E-state index is 5.75. The van der Waals surface area contributed by atoms with Crippen molar-refractivity contribution in [2.45, 2.75) is 6.54 Å². The number of rotatable bonds is 4. The number of hydrogen-bond acceptors (Lipinski definition) is 4. The molecule has 0 saturated heterocycles. The molecular weight excluding hydrogens is 226 g/mol. The topological polar surface area (TPSA) is 51.4 Å². The first-order valence-corrected chi connectivity index (χ1v) is 5.76. The van der Waals surface area contributed by atoms with Crippen molar-refractivity contribution in [2.24, 2.45) is 0 Å². The van der Waals surface area contributed by atoms with Crippen LogP contribution in [0.3, 0.4) is 0 Å². The number of nitrogen functional groups attached to an aromatic ring is 1. The fraction of sp³-hybridized carbons (Fsp3) is 0.214. The van der Waals surface area contributed by atoms with Gasteiger partial charge in [0, 0.05) is 13.6 Å². The van der Waals surface area contributed by atoms with Gasteiger partial charge >= 0.3 is 0 Å². The Balaban J connectivity index is 2.16. The Bertz CT molecular complexity index is 514. The maximum Gasteiger partial charge on any atom is 0.238 e. The van der Waals surface area contributed by atoms with E-state index in [1.807, 2.05) is 37.4 Å². The molecule has 2 N–H and O–H groups in total. The van der Waals surface area contributed by atoms with Gasteiger partial charge in [0.1, 0.15) is 5.82 Å². The van der Waals surface area contributed by atoms with Gasteiger partial charge in [0.25, 0.3) is 0 Å². The molecule has 0 aliphatic rings. The van der Waals surface area contributed by atoms with E-state index in [-0.39, 0.29) is 0 Å². The number of methoxy groups -OCH3 is 1. The molecule has 1 heterocycles. The van der Waals surface area contributed by atoms with Gasteiger partial charge in [0.05, 0.1) is 12.8 Å². The van der Waals surface area contributed by atoms with E-state index in [2.05, 4.69) is 22.0 Å². The summed E-state index contributed by atoms with van der Waals surface area (Å²) in [5.41, 5.74) is 7.53. The zero-order valence-electron chi connectivity index (χ0n) is 10.6. The minimum atomic E-state index is 0.465. The van der Waals surface area contributed by atoms with Crippen molar-refractivity contribution in [2.75, 3.05) is 24.8 Å². The highest BCUT2D eigenvalue weighted by atomic mass is 16.5. The van der Waals surface area contributed by atoms with E-state index < -0.39 is 0 Å². The summed E-state index contributed by atoms with van der Waals surface area (Å²) in [5.74, 6) is 1.30. The Labute approximate surface area is 107 Å². The summed E-state index contributed by atoms with van der Waals surface area (Å²) >= 11 is 0. The number of nitrogens with two attached hydrogens (primary N) is 1. The minimum absolute atomic E-state index is 0.465. The molecule has 0 spiro atoms. The molecule has 0 bridgehead atoms. The Morgan fingerprint density at radius 1 is 1.17 bits per heavy atom. The SMILES string of the molecule is COc1nc(N(C)Cc2ccccc2)ccc1N. The predicted molar refractivity (Wildman–Crippen MR) is 73.8 cm³/mol. The number of aromatic nitrogens is 1. The monoisotopic (exact) mass is 243 g/mol. The fourth-order valence-electron chi connectivity index (χ4n) is 1.76. The van der Waals surface area contributed by atoms with Gasteiger partial charge in [-0.2, -0.15) is 4.98 Å². The Hall–Kier alpha value is -2.23. The van der Waals surface area contributed by atoms with Crippen LogP contribution in [-0.2, 0) is 6.54 Å². The van der Waals surface area contributed by atoms with Crippen molar-refractivity contribution in [3.05, 3.63) is 48.0 Å². The second kappa shape index (κ2) is 5.40. The molecule has 0 amide bonds. The molecule has 1 aromatic carbocycles. The van der Waals surface area contributed by atoms with Gasteiger partial charge in [-0.1, -0.05) is 30.3 Å². The summed E-state index contributed by atoms with van der Waals surface area (Å²) in [5, 5.41) is 0. The third kappa shape index (κ3) is 2.71. The maximum atomic E-state index is 5.75. The van der Waals surface area contributed by atoms with Gasteiger partial charge in [-0.25, -0.2) is 0 Å². The standard InChI is InChI=1S/C14H17N3O/c1-17(10-11-6-4-3-5-7-11)13-9-8-12(15)14(16-13)18-2/h3-9H,10,15H2,1-2H3. The molecule has 2 aromatic rings. The van der Waals surface area contributed by atoms with Crippen molar-refractivity contribution in [1.82, 2.24) is 4.98 Å². The van der Waals surface area contributed by atoms with Crippen molar-refractivity contribution in [1.29, 1.82) is 0 Å². The number of anilines is 2. The van der Waals surface area contributed by atoms with Crippen LogP contribution in [0.15, 0.2) is 42.5 Å². The quantitative estimate of drug-likeness (QED) is 0.895. The molecule has 0 atom stereocenters. The largest absolute Gasteiger partial charge is 0.479 e. The van der Waals surface area contributed by atoms with Gasteiger partial charge in [-0.05, 0) is 17.7 Å². The highest BCUT2D eigenvalue weighted by molar-refractivity contribution is 5.54. The zero-order valence-corrected chi connectivity index (χ0v) is 10.6. The molecule has 1 aromatic heterocycles. The molecule has 0 aliphatic heterocycles. The number of nitrogens with zero attached hydrogens (tertiary/aromatic N) is 2. The lowest BCUT2D eigenvalue weighted by molar-refractivity contribution is 0.400. The average molecular weight is 243 g/mol. The number of hydrogen-bond donors (Lipinski definition) is 1. The van der Waals surface area contributed by atoms with Crippen LogP contribution < -0.4 is 15.4 Å². The summed E-state index contributed by atoms with van der Waals surface area (Å²) in [6.45, 7) is 0.793. The van der Waals surface area contributed by atoms with Crippen LogP contribution in [0.4, 0.5) is 11.5 Å². The van der Waals surface area contributed by atoms with Gasteiger partial charge in [-0.3, -0.25) is 0 Å². The van der Waals surface area contributed by atoms with E-state index in [9.17, 15) is 0 Å². The van der Waals surface area contributed by atoms with Crippen LogP contribution >= 0.6 is 0 Å². The summed E-state index contributed by atoms with van der Waals surface area (Å²) in [6, 6.07) is 13.9. The average Bonchev–Trinajstić information content (AvgIpc) is 2.40. The van der Waals surface area contributed by atoms with E-state index in [1.54, 1.807) is 7.11 Å². The van der Waals surface area contributed by atoms with E-state index in [0.29, 0.717) is 11.6 Å². The number of benzene rings is 1. The third-order valence-electron chi connectivity index (χ3n) is 2.72. The van der Waals surface area contributed by atoms with Crippen molar-refractivity contribution in [3.63, 3.8) is 0 Å². The predicted octanol–water partition coefficient (Wildman–Crippen LogP) is 2.31. The molecule has 4 heteroatoms. The van der Waals surface area contributed by atoms with E-state index in [1.165, 1.54) is 5.56 Å². The first kappa shape index (κ1) is 12.2. The normalized spacial score (nSPS) is 10.1. The minimum Gasteiger partial charge on any atom is -0.479 e. The Morgan fingerprint density at radius 2 is 1.89 bits per heavy atom. The van der Waals surface area contributed by atoms with E-state index >= 15 is 0 Å². The molecule has 0 fully saturated rings. The summed E-state index contributed by atoms with van der Waals surface area (Å²) in [4.78, 5) is 6.42. The van der Waals surface area contributed by atoms with Gasteiger partial charge in [-0.15, -0.1) is 0 Å². The zero-order chi connectivity index (χ0) is 13.0. The molecule has 18 heavy (non-hydrogen) atoms. The van der Waals surface area contributed by atoms with E-state index in [0.717, 1.165) is 12.4 Å². The third-order valence-corrected chi connectivity index (χ3v) is 2.72. The van der Waals surface area contributed by atoms with Gasteiger partial charge in [0.15, 0.2) is 0 Å². The van der Waals surface area contributed by atoms with Crippen molar-refractivity contribution >= 4 is 11.5 Å². The molecule has 94 valence electrons. The lowest BCUT2D eigenvalue weighted by Crippen LogP contribution is -2.18. The molecule has 0 unspecified atom stereocenters. The molecular formula is C14H17N3O. The van der Waals surface area contributed by atoms with Crippen molar-refractivity contribution < 1.29 is 4.74 Å². The van der Waals surface area contributed by atoms with Crippen LogP contribution in [0.5, 0.6) is 5.88 Å². The molecule has 0 radical (unpaired) electrons.